The van der Waals surface area contributed by atoms with E-state index < -0.39 is 0 Å². The van der Waals surface area contributed by atoms with Crippen LogP contribution in [0.15, 0.2) is 24.3 Å². The molecule has 0 heterocycles. The SMILES string of the molecule is CCC(C)c1ccc(C(CC(C)(C)N)N(C)C)cc1. The van der Waals surface area contributed by atoms with Crippen molar-refractivity contribution in [3.8, 4) is 0 Å². The maximum Gasteiger partial charge on any atom is 0.0359 e. The van der Waals surface area contributed by atoms with Crippen molar-refractivity contribution in [1.82, 2.24) is 4.90 Å². The molecule has 1 aromatic rings. The van der Waals surface area contributed by atoms with Crippen LogP contribution in [-0.4, -0.2) is 24.5 Å². The van der Waals surface area contributed by atoms with E-state index in [0.29, 0.717) is 12.0 Å². The van der Waals surface area contributed by atoms with Gasteiger partial charge in [0.2, 0.25) is 0 Å². The lowest BCUT2D eigenvalue weighted by atomic mass is 9.89. The Morgan fingerprint density at radius 2 is 1.58 bits per heavy atom. The Balaban J connectivity index is 2.92. The van der Waals surface area contributed by atoms with Gasteiger partial charge in [-0.05, 0) is 57.8 Å². The molecule has 2 unspecified atom stereocenters. The van der Waals surface area contributed by atoms with Crippen LogP contribution in [0.5, 0.6) is 0 Å². The minimum Gasteiger partial charge on any atom is -0.325 e. The van der Waals surface area contributed by atoms with E-state index in [-0.39, 0.29) is 5.54 Å². The Kier molecular flexibility index (Phi) is 5.57. The molecular weight excluding hydrogens is 232 g/mol. The van der Waals surface area contributed by atoms with Gasteiger partial charge in [-0.3, -0.25) is 0 Å². The standard InChI is InChI=1S/C17H30N2/c1-7-13(2)14-8-10-15(11-9-14)16(19(5)6)12-17(3,4)18/h8-11,13,16H,7,12,18H2,1-6H3. The summed E-state index contributed by atoms with van der Waals surface area (Å²) >= 11 is 0. The molecule has 0 aromatic heterocycles. The van der Waals surface area contributed by atoms with E-state index in [0.717, 1.165) is 6.42 Å². The molecule has 0 fully saturated rings. The van der Waals surface area contributed by atoms with Crippen LogP contribution in [0.3, 0.4) is 0 Å². The predicted octanol–water partition coefficient (Wildman–Crippen LogP) is 3.93. The zero-order valence-electron chi connectivity index (χ0n) is 13.4. The highest BCUT2D eigenvalue weighted by Crippen LogP contribution is 2.28. The monoisotopic (exact) mass is 262 g/mol. The fraction of sp³-hybridized carbons (Fsp3) is 0.647. The topological polar surface area (TPSA) is 29.3 Å². The van der Waals surface area contributed by atoms with Gasteiger partial charge in [0.1, 0.15) is 0 Å². The van der Waals surface area contributed by atoms with E-state index in [2.05, 4.69) is 71.0 Å². The molecule has 108 valence electrons. The van der Waals surface area contributed by atoms with Gasteiger partial charge in [-0.25, -0.2) is 0 Å². The van der Waals surface area contributed by atoms with Gasteiger partial charge in [-0.1, -0.05) is 38.1 Å². The molecule has 0 bridgehead atoms. The van der Waals surface area contributed by atoms with Crippen molar-refractivity contribution in [3.63, 3.8) is 0 Å². The number of hydrogen-bond donors (Lipinski definition) is 1. The first kappa shape index (κ1) is 16.2. The third-order valence-corrected chi connectivity index (χ3v) is 3.85. The Morgan fingerprint density at radius 1 is 1.11 bits per heavy atom. The Bertz CT molecular complexity index is 373. The van der Waals surface area contributed by atoms with Crippen molar-refractivity contribution in [2.75, 3.05) is 14.1 Å². The lowest BCUT2D eigenvalue weighted by Gasteiger charge is -2.31. The Morgan fingerprint density at radius 3 is 1.95 bits per heavy atom. The number of benzene rings is 1. The molecule has 2 heteroatoms. The van der Waals surface area contributed by atoms with Gasteiger partial charge in [0.05, 0.1) is 0 Å². The van der Waals surface area contributed by atoms with E-state index in [9.17, 15) is 0 Å². The smallest absolute Gasteiger partial charge is 0.0359 e. The average molecular weight is 262 g/mol. The molecule has 0 saturated heterocycles. The predicted molar refractivity (Wildman–Crippen MR) is 84.5 cm³/mol. The normalized spacial score (nSPS) is 15.6. The molecule has 2 atom stereocenters. The molecule has 0 amide bonds. The minimum absolute atomic E-state index is 0.148. The lowest BCUT2D eigenvalue weighted by Crippen LogP contribution is -2.37. The first-order chi connectivity index (χ1) is 8.74. The first-order valence-corrected chi connectivity index (χ1v) is 7.29. The van der Waals surface area contributed by atoms with Crippen LogP contribution in [0.25, 0.3) is 0 Å². The number of nitrogens with two attached hydrogens (primary N) is 1. The van der Waals surface area contributed by atoms with Crippen molar-refractivity contribution in [3.05, 3.63) is 35.4 Å². The van der Waals surface area contributed by atoms with E-state index in [1.54, 1.807) is 0 Å². The third kappa shape index (κ3) is 4.96. The number of hydrogen-bond acceptors (Lipinski definition) is 2. The van der Waals surface area contributed by atoms with E-state index >= 15 is 0 Å². The zero-order chi connectivity index (χ0) is 14.6. The average Bonchev–Trinajstić information content (AvgIpc) is 2.34. The van der Waals surface area contributed by atoms with Crippen LogP contribution >= 0.6 is 0 Å². The zero-order valence-corrected chi connectivity index (χ0v) is 13.4. The summed E-state index contributed by atoms with van der Waals surface area (Å²) in [6, 6.07) is 9.44. The van der Waals surface area contributed by atoms with Crippen molar-refractivity contribution in [1.29, 1.82) is 0 Å². The van der Waals surface area contributed by atoms with Crippen molar-refractivity contribution < 1.29 is 0 Å². The maximum absolute atomic E-state index is 6.18. The quantitative estimate of drug-likeness (QED) is 0.841. The number of rotatable bonds is 6. The number of nitrogens with zero attached hydrogens (tertiary/aromatic N) is 1. The molecule has 0 aliphatic carbocycles. The fourth-order valence-electron chi connectivity index (χ4n) is 2.38. The maximum atomic E-state index is 6.18. The molecule has 0 spiro atoms. The molecule has 1 aromatic carbocycles. The molecular formula is C17H30N2. The highest BCUT2D eigenvalue weighted by atomic mass is 15.1. The van der Waals surface area contributed by atoms with Gasteiger partial charge in [0.15, 0.2) is 0 Å². The van der Waals surface area contributed by atoms with Crippen LogP contribution in [-0.2, 0) is 0 Å². The Hall–Kier alpha value is -0.860. The fourth-order valence-corrected chi connectivity index (χ4v) is 2.38. The summed E-state index contributed by atoms with van der Waals surface area (Å²) in [5, 5.41) is 0. The largest absolute Gasteiger partial charge is 0.325 e. The summed E-state index contributed by atoms with van der Waals surface area (Å²) in [5.74, 6) is 0.637. The van der Waals surface area contributed by atoms with Gasteiger partial charge in [-0.2, -0.15) is 0 Å². The van der Waals surface area contributed by atoms with Crippen molar-refractivity contribution in [2.45, 2.75) is 58.0 Å². The molecule has 0 aliphatic heterocycles. The molecule has 2 nitrogen and oxygen atoms in total. The first-order valence-electron chi connectivity index (χ1n) is 7.29. The molecule has 1 rings (SSSR count). The molecule has 0 radical (unpaired) electrons. The van der Waals surface area contributed by atoms with Crippen molar-refractivity contribution in [2.24, 2.45) is 5.73 Å². The van der Waals surface area contributed by atoms with Gasteiger partial charge in [0.25, 0.3) is 0 Å². The van der Waals surface area contributed by atoms with Gasteiger partial charge < -0.3 is 10.6 Å². The van der Waals surface area contributed by atoms with Crippen LogP contribution in [0.2, 0.25) is 0 Å². The molecule has 0 saturated carbocycles. The molecule has 19 heavy (non-hydrogen) atoms. The summed E-state index contributed by atoms with van der Waals surface area (Å²) in [6.45, 7) is 8.70. The summed E-state index contributed by atoms with van der Waals surface area (Å²) < 4.78 is 0. The van der Waals surface area contributed by atoms with Crippen LogP contribution in [0.4, 0.5) is 0 Å². The second-order valence-electron chi connectivity index (χ2n) is 6.65. The van der Waals surface area contributed by atoms with Crippen molar-refractivity contribution >= 4 is 0 Å². The van der Waals surface area contributed by atoms with Crippen LogP contribution in [0, 0.1) is 0 Å². The minimum atomic E-state index is -0.148. The summed E-state index contributed by atoms with van der Waals surface area (Å²) in [4.78, 5) is 2.26. The second kappa shape index (κ2) is 6.53. The van der Waals surface area contributed by atoms with Crippen LogP contribution < -0.4 is 5.73 Å². The van der Waals surface area contributed by atoms with Gasteiger partial charge >= 0.3 is 0 Å². The van der Waals surface area contributed by atoms with Gasteiger partial charge in [-0.15, -0.1) is 0 Å². The van der Waals surface area contributed by atoms with E-state index in [4.69, 9.17) is 5.73 Å². The Labute approximate surface area is 119 Å². The summed E-state index contributed by atoms with van der Waals surface area (Å²) in [7, 11) is 4.25. The summed E-state index contributed by atoms with van der Waals surface area (Å²) in [6.07, 6.45) is 2.15. The third-order valence-electron chi connectivity index (χ3n) is 3.85. The second-order valence-corrected chi connectivity index (χ2v) is 6.65. The highest BCUT2D eigenvalue weighted by molar-refractivity contribution is 5.27. The van der Waals surface area contributed by atoms with E-state index in [1.165, 1.54) is 17.5 Å². The van der Waals surface area contributed by atoms with Crippen LogP contribution in [0.1, 0.15) is 63.6 Å². The lowest BCUT2D eigenvalue weighted by molar-refractivity contribution is 0.243. The molecule has 2 N–H and O–H groups in total. The highest BCUT2D eigenvalue weighted by Gasteiger charge is 2.22. The summed E-state index contributed by atoms with van der Waals surface area (Å²) in [5.41, 5.74) is 8.82. The van der Waals surface area contributed by atoms with E-state index in [1.807, 2.05) is 0 Å². The molecule has 0 aliphatic rings. The van der Waals surface area contributed by atoms with Gasteiger partial charge in [0, 0.05) is 11.6 Å².